The molecule has 0 bridgehead atoms. The lowest BCUT2D eigenvalue weighted by Gasteiger charge is -1.96. The van der Waals surface area contributed by atoms with E-state index in [1.165, 1.54) is 38.8 Å². The second kappa shape index (κ2) is 6.65. The molecule has 5 heteroatoms. The van der Waals surface area contributed by atoms with Gasteiger partial charge in [-0.1, -0.05) is 24.3 Å². The van der Waals surface area contributed by atoms with Crippen molar-refractivity contribution in [2.75, 3.05) is 12.8 Å². The molecule has 20 heavy (non-hydrogen) atoms. The molecule has 0 amide bonds. The van der Waals surface area contributed by atoms with Crippen LogP contribution in [0.1, 0.15) is 28.0 Å². The van der Waals surface area contributed by atoms with Crippen LogP contribution in [0.2, 0.25) is 0 Å². The molecular weight excluding hydrogens is 254 g/mol. The number of ether oxygens (including phenoxy) is 1. The van der Waals surface area contributed by atoms with E-state index in [0.717, 1.165) is 0 Å². The van der Waals surface area contributed by atoms with Gasteiger partial charge >= 0.3 is 5.97 Å². The maximum absolute atomic E-state index is 10.8. The van der Waals surface area contributed by atoms with Crippen molar-refractivity contribution in [1.82, 2.24) is 9.97 Å². The number of carbonyl (C=O) groups is 1. The summed E-state index contributed by atoms with van der Waals surface area (Å²) in [7, 11) is 1.27. The van der Waals surface area contributed by atoms with E-state index in [1.807, 2.05) is 0 Å². The number of nitrogens with zero attached hydrogens (tertiary/aromatic N) is 2. The first-order valence-electron chi connectivity index (χ1n) is 6.43. The Morgan fingerprint density at radius 1 is 1.20 bits per heavy atom. The Hall–Kier alpha value is -2.43. The SMILES string of the molecule is COC(=O)c1cncc(N)n1.c1ccc2c(c1)CCC2. The molecule has 0 saturated carbocycles. The van der Waals surface area contributed by atoms with Crippen LogP contribution in [0.25, 0.3) is 0 Å². The van der Waals surface area contributed by atoms with Gasteiger partial charge in [0.25, 0.3) is 0 Å². The molecule has 2 aromatic rings. The first-order chi connectivity index (χ1) is 9.70. The summed E-state index contributed by atoms with van der Waals surface area (Å²) >= 11 is 0. The smallest absolute Gasteiger partial charge is 0.358 e. The molecule has 0 atom stereocenters. The van der Waals surface area contributed by atoms with Gasteiger partial charge in [-0.15, -0.1) is 0 Å². The van der Waals surface area contributed by atoms with Gasteiger partial charge in [0.2, 0.25) is 0 Å². The number of carbonyl (C=O) groups excluding carboxylic acids is 1. The van der Waals surface area contributed by atoms with E-state index in [4.69, 9.17) is 5.73 Å². The Bertz CT molecular complexity index is 576. The lowest BCUT2D eigenvalue weighted by atomic mass is 10.1. The van der Waals surface area contributed by atoms with Gasteiger partial charge < -0.3 is 10.5 Å². The molecule has 1 aromatic carbocycles. The first kappa shape index (κ1) is 14.0. The summed E-state index contributed by atoms with van der Waals surface area (Å²) in [5.74, 6) is -0.335. The zero-order valence-corrected chi connectivity index (χ0v) is 11.4. The highest BCUT2D eigenvalue weighted by Gasteiger charge is 2.07. The molecular formula is C15H17N3O2. The summed E-state index contributed by atoms with van der Waals surface area (Å²) in [6, 6.07) is 8.74. The summed E-state index contributed by atoms with van der Waals surface area (Å²) in [5.41, 5.74) is 8.52. The average Bonchev–Trinajstić information content (AvgIpc) is 2.95. The van der Waals surface area contributed by atoms with Gasteiger partial charge in [0.15, 0.2) is 5.69 Å². The second-order valence-corrected chi connectivity index (χ2v) is 4.44. The monoisotopic (exact) mass is 271 g/mol. The summed E-state index contributed by atoms with van der Waals surface area (Å²) in [4.78, 5) is 18.1. The number of aryl methyl sites for hydroxylation is 2. The minimum Gasteiger partial charge on any atom is -0.464 e. The van der Waals surface area contributed by atoms with E-state index in [1.54, 1.807) is 11.1 Å². The molecule has 1 aliphatic rings. The number of hydrogen-bond donors (Lipinski definition) is 1. The van der Waals surface area contributed by atoms with Crippen molar-refractivity contribution >= 4 is 11.8 Å². The van der Waals surface area contributed by atoms with Crippen LogP contribution in [0.4, 0.5) is 5.82 Å². The van der Waals surface area contributed by atoms with Gasteiger partial charge in [0, 0.05) is 0 Å². The molecule has 0 fully saturated rings. The number of esters is 1. The van der Waals surface area contributed by atoms with Crippen molar-refractivity contribution in [3.63, 3.8) is 0 Å². The zero-order valence-electron chi connectivity index (χ0n) is 11.4. The highest BCUT2D eigenvalue weighted by atomic mass is 16.5. The fourth-order valence-corrected chi connectivity index (χ4v) is 2.10. The Kier molecular flexibility index (Phi) is 4.65. The van der Waals surface area contributed by atoms with Crippen LogP contribution in [0.15, 0.2) is 36.7 Å². The van der Waals surface area contributed by atoms with Crippen LogP contribution >= 0.6 is 0 Å². The van der Waals surface area contributed by atoms with Crippen molar-refractivity contribution in [2.24, 2.45) is 0 Å². The van der Waals surface area contributed by atoms with Crippen LogP contribution in [-0.4, -0.2) is 23.0 Å². The molecule has 5 nitrogen and oxygen atoms in total. The summed E-state index contributed by atoms with van der Waals surface area (Å²) < 4.78 is 4.39. The predicted molar refractivity (Wildman–Crippen MR) is 76.3 cm³/mol. The molecule has 1 heterocycles. The van der Waals surface area contributed by atoms with Crippen LogP contribution < -0.4 is 5.73 Å². The Labute approximate surface area is 117 Å². The average molecular weight is 271 g/mol. The fraction of sp³-hybridized carbons (Fsp3) is 0.267. The van der Waals surface area contributed by atoms with Crippen molar-refractivity contribution in [3.8, 4) is 0 Å². The molecule has 0 aliphatic heterocycles. The third-order valence-electron chi connectivity index (χ3n) is 3.06. The Balaban J connectivity index is 0.000000149. The highest BCUT2D eigenvalue weighted by Crippen LogP contribution is 2.20. The summed E-state index contributed by atoms with van der Waals surface area (Å²) in [6.45, 7) is 0. The van der Waals surface area contributed by atoms with E-state index >= 15 is 0 Å². The lowest BCUT2D eigenvalue weighted by molar-refractivity contribution is 0.0593. The van der Waals surface area contributed by atoms with Crippen LogP contribution in [0.5, 0.6) is 0 Å². The van der Waals surface area contributed by atoms with Gasteiger partial charge in [0.1, 0.15) is 5.82 Å². The van der Waals surface area contributed by atoms with Gasteiger partial charge in [-0.2, -0.15) is 0 Å². The van der Waals surface area contributed by atoms with Crippen LogP contribution in [0, 0.1) is 0 Å². The van der Waals surface area contributed by atoms with E-state index < -0.39 is 5.97 Å². The van der Waals surface area contributed by atoms with Gasteiger partial charge in [-0.05, 0) is 30.4 Å². The van der Waals surface area contributed by atoms with E-state index in [0.29, 0.717) is 0 Å². The van der Waals surface area contributed by atoms with Gasteiger partial charge in [0.05, 0.1) is 19.5 Å². The number of aromatic nitrogens is 2. The second-order valence-electron chi connectivity index (χ2n) is 4.44. The highest BCUT2D eigenvalue weighted by molar-refractivity contribution is 5.86. The fourth-order valence-electron chi connectivity index (χ4n) is 2.10. The quantitative estimate of drug-likeness (QED) is 0.803. The number of benzene rings is 1. The van der Waals surface area contributed by atoms with Gasteiger partial charge in [-0.25, -0.2) is 9.78 Å². The third-order valence-corrected chi connectivity index (χ3v) is 3.06. The first-order valence-corrected chi connectivity index (χ1v) is 6.43. The predicted octanol–water partition coefficient (Wildman–Crippen LogP) is 2.02. The molecule has 0 saturated heterocycles. The molecule has 3 rings (SSSR count). The molecule has 0 spiro atoms. The number of nitrogens with two attached hydrogens (primary N) is 1. The summed E-state index contributed by atoms with van der Waals surface area (Å²) in [5, 5.41) is 0. The number of fused-ring (bicyclic) bond motifs is 1. The lowest BCUT2D eigenvalue weighted by Crippen LogP contribution is -2.06. The van der Waals surface area contributed by atoms with Crippen molar-refractivity contribution in [2.45, 2.75) is 19.3 Å². The molecule has 0 unspecified atom stereocenters. The largest absolute Gasteiger partial charge is 0.464 e. The molecule has 1 aliphatic carbocycles. The van der Waals surface area contributed by atoms with Crippen molar-refractivity contribution in [3.05, 3.63) is 53.5 Å². The zero-order chi connectivity index (χ0) is 14.4. The van der Waals surface area contributed by atoms with E-state index in [2.05, 4.69) is 39.0 Å². The number of methoxy groups -OCH3 is 1. The van der Waals surface area contributed by atoms with Crippen LogP contribution in [-0.2, 0) is 17.6 Å². The van der Waals surface area contributed by atoms with Crippen molar-refractivity contribution in [1.29, 1.82) is 0 Å². The molecule has 1 aromatic heterocycles. The van der Waals surface area contributed by atoms with E-state index in [9.17, 15) is 4.79 Å². The topological polar surface area (TPSA) is 78.1 Å². The Morgan fingerprint density at radius 2 is 1.85 bits per heavy atom. The number of hydrogen-bond acceptors (Lipinski definition) is 5. The minimum absolute atomic E-state index is 0.118. The third kappa shape index (κ3) is 3.54. The van der Waals surface area contributed by atoms with Crippen molar-refractivity contribution < 1.29 is 9.53 Å². The normalized spacial score (nSPS) is 12.1. The summed E-state index contributed by atoms with van der Waals surface area (Å²) in [6.07, 6.45) is 6.61. The van der Waals surface area contributed by atoms with E-state index in [-0.39, 0.29) is 11.5 Å². The molecule has 2 N–H and O–H groups in total. The molecule has 104 valence electrons. The number of rotatable bonds is 1. The number of anilines is 1. The Morgan fingerprint density at radius 3 is 2.40 bits per heavy atom. The standard InChI is InChI=1S/C9H10.C6H7N3O2/c1-2-5-9-7-3-6-8(9)4-1;1-11-6(10)4-2-8-3-5(7)9-4/h1-2,4-5H,3,6-7H2;2-3H,1H3,(H2,7,9). The van der Waals surface area contributed by atoms with Crippen LogP contribution in [0.3, 0.4) is 0 Å². The maximum atomic E-state index is 10.8. The number of nitrogen functional groups attached to an aromatic ring is 1. The maximum Gasteiger partial charge on any atom is 0.358 e. The van der Waals surface area contributed by atoms with Gasteiger partial charge in [-0.3, -0.25) is 4.98 Å². The molecule has 0 radical (unpaired) electrons. The minimum atomic E-state index is -0.537.